The van der Waals surface area contributed by atoms with Crippen LogP contribution in [0.1, 0.15) is 66.6 Å². The highest BCUT2D eigenvalue weighted by Crippen LogP contribution is 2.16. The van der Waals surface area contributed by atoms with Crippen LogP contribution in [0.3, 0.4) is 0 Å². The number of hydrogen-bond acceptors (Lipinski definition) is 12. The number of fused-ring (bicyclic) bond motifs is 1. The van der Waals surface area contributed by atoms with Crippen LogP contribution in [-0.4, -0.2) is 65.2 Å². The lowest BCUT2D eigenvalue weighted by Gasteiger charge is -2.09. The van der Waals surface area contributed by atoms with Gasteiger partial charge in [-0.15, -0.1) is 0 Å². The molecule has 4 rings (SSSR count). The number of nitrogens with two attached hydrogens (primary N) is 3. The van der Waals surface area contributed by atoms with Crippen LogP contribution in [0.5, 0.6) is 0 Å². The number of carboxylic acids is 1. The van der Waals surface area contributed by atoms with E-state index in [-0.39, 0.29) is 6.61 Å². The second kappa shape index (κ2) is 25.3. The van der Waals surface area contributed by atoms with Gasteiger partial charge in [0.05, 0.1) is 16.9 Å². The average Bonchev–Trinajstić information content (AvgIpc) is 3.41. The van der Waals surface area contributed by atoms with Gasteiger partial charge in [-0.2, -0.15) is 0 Å². The second-order valence-corrected chi connectivity index (χ2v) is 11.7. The number of nitrogens with zero attached hydrogens (tertiary/aromatic N) is 5. The van der Waals surface area contributed by atoms with Crippen molar-refractivity contribution in [1.29, 1.82) is 0 Å². The van der Waals surface area contributed by atoms with Gasteiger partial charge in [0.25, 0.3) is 0 Å². The summed E-state index contributed by atoms with van der Waals surface area (Å²) in [7, 11) is 0. The summed E-state index contributed by atoms with van der Waals surface area (Å²) in [5.41, 5.74) is 19.5. The normalized spacial score (nSPS) is 10.1. The van der Waals surface area contributed by atoms with Gasteiger partial charge in [-0.05, 0) is 67.0 Å². The first-order valence-electron chi connectivity index (χ1n) is 15.8. The molecule has 0 radical (unpaired) electrons. The zero-order valence-corrected chi connectivity index (χ0v) is 29.1. The first-order chi connectivity index (χ1) is 22.8. The molecule has 0 saturated heterocycles. The van der Waals surface area contributed by atoms with Crippen LogP contribution in [0.2, 0.25) is 0 Å². The van der Waals surface area contributed by atoms with Gasteiger partial charge in [0.2, 0.25) is 0 Å². The standard InChI is InChI=1S/C12H17N3O.C10H17N3.C5H7N3.C5H10O.C2H4O3/c1-9(2)5-7-15-10-4-3-6-13-12(10)14-11(15)8-16;1-8(2)5-7-12-9-4-3-6-13-10(9)11;6-4-2-1-3-8-5(4)7;1-5(2)3-4-6;3-1-2(4)5/h3-4,6,9,16H,5,7-8H2,1-2H3;3-4,6,8,12H,5,7H2,1-2H3,(H2,11,13);1-3H,6H2,(H2,7,8);4-5H,3H2,1-2H3;3H,1H2,(H,4,5). The van der Waals surface area contributed by atoms with Crippen molar-refractivity contribution in [2.24, 2.45) is 17.8 Å². The maximum atomic E-state index is 9.62. The number of pyridine rings is 3. The number of hydrogen-bond donors (Lipinski definition) is 7. The molecule has 0 atom stereocenters. The molecule has 0 amide bonds. The number of carboxylic acid groups (broad SMARTS) is 1. The van der Waals surface area contributed by atoms with Crippen LogP contribution in [0, 0.1) is 17.8 Å². The third-order valence-electron chi connectivity index (χ3n) is 6.12. The maximum absolute atomic E-state index is 9.62. The predicted octanol–water partition coefficient (Wildman–Crippen LogP) is 4.63. The van der Waals surface area contributed by atoms with Crippen LogP contribution in [0.15, 0.2) is 55.0 Å². The Morgan fingerprint density at radius 2 is 1.42 bits per heavy atom. The van der Waals surface area contributed by atoms with Crippen molar-refractivity contribution in [3.05, 3.63) is 60.8 Å². The number of carbonyl (C=O) groups is 2. The van der Waals surface area contributed by atoms with E-state index in [0.29, 0.717) is 47.3 Å². The molecule has 0 aromatic carbocycles. The molecule has 14 nitrogen and oxygen atoms in total. The number of rotatable bonds is 11. The monoisotopic (exact) mass is 669 g/mol. The number of aliphatic hydroxyl groups is 2. The molecule has 266 valence electrons. The Kier molecular flexibility index (Phi) is 22.8. The molecular weight excluding hydrogens is 614 g/mol. The molecule has 0 spiro atoms. The fourth-order valence-electron chi connectivity index (χ4n) is 3.45. The van der Waals surface area contributed by atoms with E-state index < -0.39 is 12.6 Å². The van der Waals surface area contributed by atoms with E-state index in [0.717, 1.165) is 49.1 Å². The number of nitrogens with one attached hydrogen (secondary N) is 1. The summed E-state index contributed by atoms with van der Waals surface area (Å²) in [6.45, 7) is 13.9. The van der Waals surface area contributed by atoms with Gasteiger partial charge in [0.15, 0.2) is 5.65 Å². The number of nitrogen functional groups attached to an aromatic ring is 3. The Hall–Kier alpha value is -4.82. The zero-order chi connectivity index (χ0) is 36.5. The summed E-state index contributed by atoms with van der Waals surface area (Å²) >= 11 is 0. The Morgan fingerprint density at radius 1 is 0.854 bits per heavy atom. The maximum Gasteiger partial charge on any atom is 0.329 e. The smallest absolute Gasteiger partial charge is 0.329 e. The minimum atomic E-state index is -1.19. The summed E-state index contributed by atoms with van der Waals surface area (Å²) in [5, 5.41) is 27.5. The Labute approximate surface area is 283 Å². The number of aromatic nitrogens is 5. The molecule has 4 aromatic rings. The van der Waals surface area contributed by atoms with E-state index in [1.807, 2.05) is 38.1 Å². The number of anilines is 4. The van der Waals surface area contributed by atoms with Crippen molar-refractivity contribution in [2.75, 3.05) is 35.7 Å². The lowest BCUT2D eigenvalue weighted by Crippen LogP contribution is -2.07. The molecule has 14 heteroatoms. The van der Waals surface area contributed by atoms with Gasteiger partial charge >= 0.3 is 5.97 Å². The highest BCUT2D eigenvalue weighted by Gasteiger charge is 2.10. The summed E-state index contributed by atoms with van der Waals surface area (Å²) in [4.78, 5) is 35.0. The van der Waals surface area contributed by atoms with Crippen LogP contribution < -0.4 is 22.5 Å². The highest BCUT2D eigenvalue weighted by atomic mass is 16.4. The lowest BCUT2D eigenvalue weighted by molar-refractivity contribution is -0.140. The lowest BCUT2D eigenvalue weighted by atomic mass is 10.1. The number of aliphatic carboxylic acids is 1. The molecule has 0 saturated carbocycles. The largest absolute Gasteiger partial charge is 0.480 e. The number of aldehydes is 1. The molecule has 4 aromatic heterocycles. The van der Waals surface area contributed by atoms with Crippen molar-refractivity contribution < 1.29 is 24.9 Å². The van der Waals surface area contributed by atoms with Gasteiger partial charge in [0, 0.05) is 38.1 Å². The van der Waals surface area contributed by atoms with E-state index >= 15 is 0 Å². The first-order valence-corrected chi connectivity index (χ1v) is 15.8. The van der Waals surface area contributed by atoms with Crippen LogP contribution in [-0.2, 0) is 22.7 Å². The molecule has 0 aliphatic rings. The number of aryl methyl sites for hydroxylation is 1. The Bertz CT molecular complexity index is 1420. The van der Waals surface area contributed by atoms with Crippen molar-refractivity contribution in [3.8, 4) is 0 Å². The fraction of sp³-hybridized carbons (Fsp3) is 0.471. The van der Waals surface area contributed by atoms with E-state index in [1.165, 1.54) is 0 Å². The Morgan fingerprint density at radius 3 is 1.85 bits per heavy atom. The molecule has 0 aliphatic carbocycles. The van der Waals surface area contributed by atoms with Crippen LogP contribution in [0.4, 0.5) is 23.0 Å². The molecule has 0 unspecified atom stereocenters. The summed E-state index contributed by atoms with van der Waals surface area (Å²) in [5.74, 6) is 2.37. The zero-order valence-electron chi connectivity index (χ0n) is 29.1. The summed E-state index contributed by atoms with van der Waals surface area (Å²) in [6, 6.07) is 11.2. The van der Waals surface area contributed by atoms with E-state index in [1.54, 1.807) is 30.7 Å². The molecule has 48 heavy (non-hydrogen) atoms. The van der Waals surface area contributed by atoms with Crippen molar-refractivity contribution >= 4 is 46.4 Å². The minimum absolute atomic E-state index is 0.0333. The van der Waals surface area contributed by atoms with Gasteiger partial charge in [-0.1, -0.05) is 41.5 Å². The molecule has 4 heterocycles. The fourth-order valence-corrected chi connectivity index (χ4v) is 3.45. The van der Waals surface area contributed by atoms with E-state index in [4.69, 9.17) is 32.2 Å². The molecule has 0 fully saturated rings. The quantitative estimate of drug-likeness (QED) is 0.108. The Balaban J connectivity index is 0.000000618. The van der Waals surface area contributed by atoms with E-state index in [9.17, 15) is 9.90 Å². The number of imidazole rings is 1. The predicted molar refractivity (Wildman–Crippen MR) is 193 cm³/mol. The minimum Gasteiger partial charge on any atom is -0.480 e. The number of aliphatic hydroxyl groups excluding tert-OH is 2. The van der Waals surface area contributed by atoms with E-state index in [2.05, 4.69) is 57.5 Å². The molecule has 0 aliphatic heterocycles. The van der Waals surface area contributed by atoms with Crippen molar-refractivity contribution in [1.82, 2.24) is 24.5 Å². The SMILES string of the molecule is CC(C)CC=O.CC(C)CCNc1cccnc1N.CC(C)CCn1c(CO)nc2ncccc21.Nc1cccnc1N.O=C(O)CO. The van der Waals surface area contributed by atoms with Crippen molar-refractivity contribution in [3.63, 3.8) is 0 Å². The van der Waals surface area contributed by atoms with Crippen LogP contribution >= 0.6 is 0 Å². The van der Waals surface area contributed by atoms with Crippen molar-refractivity contribution in [2.45, 2.75) is 74.0 Å². The van der Waals surface area contributed by atoms with Gasteiger partial charge in [0.1, 0.15) is 37.0 Å². The topological polar surface area (TPSA) is 241 Å². The van der Waals surface area contributed by atoms with Gasteiger partial charge < -0.3 is 47.2 Å². The average molecular weight is 670 g/mol. The molecule has 10 N–H and O–H groups in total. The number of carbonyl (C=O) groups excluding carboxylic acids is 1. The third kappa shape index (κ3) is 19.6. The highest BCUT2D eigenvalue weighted by molar-refractivity contribution is 5.71. The first kappa shape index (κ1) is 43.2. The summed E-state index contributed by atoms with van der Waals surface area (Å²) < 4.78 is 2.06. The third-order valence-corrected chi connectivity index (χ3v) is 6.12. The van der Waals surface area contributed by atoms with Crippen LogP contribution in [0.25, 0.3) is 11.2 Å². The second-order valence-electron chi connectivity index (χ2n) is 11.7. The molecular formula is C34H55N9O5. The summed E-state index contributed by atoms with van der Waals surface area (Å²) in [6.07, 6.45) is 8.89. The molecule has 0 bridgehead atoms. The van der Waals surface area contributed by atoms with Gasteiger partial charge in [-0.3, -0.25) is 0 Å². The van der Waals surface area contributed by atoms with Gasteiger partial charge in [-0.25, -0.2) is 24.7 Å².